The molecule has 1 aromatic heterocycles. The molecule has 1 atom stereocenters. The van der Waals surface area contributed by atoms with E-state index in [1.807, 2.05) is 56.3 Å². The second-order valence-corrected chi connectivity index (χ2v) is 11.2. The Morgan fingerprint density at radius 2 is 1.71 bits per heavy atom. The van der Waals surface area contributed by atoms with E-state index < -0.39 is 15.3 Å². The number of thioether (sulfide) groups is 1. The SMILES string of the molecule is Cc1cc(C)cc(NC(=O)C(Sc2ccc(S(=O)(=O)N3CCOCC3)cn2)c2ccccc2)c1. The molecule has 1 aliphatic heterocycles. The van der Waals surface area contributed by atoms with Gasteiger partial charge in [0.2, 0.25) is 15.9 Å². The maximum atomic E-state index is 13.3. The molecule has 7 nitrogen and oxygen atoms in total. The van der Waals surface area contributed by atoms with E-state index in [4.69, 9.17) is 4.74 Å². The van der Waals surface area contributed by atoms with E-state index in [2.05, 4.69) is 16.4 Å². The zero-order chi connectivity index (χ0) is 24.1. The average molecular weight is 498 g/mol. The molecule has 1 aliphatic rings. The van der Waals surface area contributed by atoms with Gasteiger partial charge in [-0.3, -0.25) is 4.79 Å². The zero-order valence-electron chi connectivity index (χ0n) is 19.1. The van der Waals surface area contributed by atoms with Crippen molar-refractivity contribution in [2.75, 3.05) is 31.6 Å². The lowest BCUT2D eigenvalue weighted by molar-refractivity contribution is -0.115. The van der Waals surface area contributed by atoms with Crippen LogP contribution in [0.1, 0.15) is 21.9 Å². The molecule has 0 bridgehead atoms. The lowest BCUT2D eigenvalue weighted by Crippen LogP contribution is -2.40. The zero-order valence-corrected chi connectivity index (χ0v) is 20.7. The van der Waals surface area contributed by atoms with Crippen molar-refractivity contribution < 1.29 is 17.9 Å². The van der Waals surface area contributed by atoms with Gasteiger partial charge in [0.25, 0.3) is 0 Å². The number of morpholine rings is 1. The monoisotopic (exact) mass is 497 g/mol. The summed E-state index contributed by atoms with van der Waals surface area (Å²) in [7, 11) is -3.62. The van der Waals surface area contributed by atoms with Crippen LogP contribution in [0.4, 0.5) is 5.69 Å². The van der Waals surface area contributed by atoms with E-state index in [1.165, 1.54) is 22.3 Å². The average Bonchev–Trinajstić information content (AvgIpc) is 2.83. The van der Waals surface area contributed by atoms with Crippen LogP contribution in [0.15, 0.2) is 76.8 Å². The van der Waals surface area contributed by atoms with Crippen LogP contribution < -0.4 is 5.32 Å². The largest absolute Gasteiger partial charge is 0.379 e. The highest BCUT2D eigenvalue weighted by Gasteiger charge is 2.27. The maximum absolute atomic E-state index is 13.3. The van der Waals surface area contributed by atoms with Crippen molar-refractivity contribution in [2.45, 2.75) is 29.0 Å². The van der Waals surface area contributed by atoms with E-state index in [0.29, 0.717) is 31.3 Å². The fourth-order valence-electron chi connectivity index (χ4n) is 3.80. The quantitative estimate of drug-likeness (QED) is 0.493. The van der Waals surface area contributed by atoms with Gasteiger partial charge >= 0.3 is 0 Å². The number of sulfonamides is 1. The van der Waals surface area contributed by atoms with Gasteiger partial charge in [-0.05, 0) is 54.8 Å². The number of hydrogen-bond donors (Lipinski definition) is 1. The standard InChI is InChI=1S/C25H27N3O4S2/c1-18-14-19(2)16-21(15-18)27-25(29)24(20-6-4-3-5-7-20)33-23-9-8-22(17-26-23)34(30,31)28-10-12-32-13-11-28/h3-9,14-17,24H,10-13H2,1-2H3,(H,27,29). The molecule has 1 saturated heterocycles. The highest BCUT2D eigenvalue weighted by molar-refractivity contribution is 8.00. The number of hydrogen-bond acceptors (Lipinski definition) is 6. The number of nitrogens with one attached hydrogen (secondary N) is 1. The fourth-order valence-corrected chi connectivity index (χ4v) is 6.12. The number of amides is 1. The fraction of sp³-hybridized carbons (Fsp3) is 0.280. The molecule has 2 heterocycles. The van der Waals surface area contributed by atoms with Crippen LogP contribution in [0.5, 0.6) is 0 Å². The van der Waals surface area contributed by atoms with Crippen LogP contribution >= 0.6 is 11.8 Å². The molecular formula is C25H27N3O4S2. The number of aromatic nitrogens is 1. The van der Waals surface area contributed by atoms with Crippen LogP contribution in [0, 0.1) is 13.8 Å². The number of nitrogens with zero attached hydrogens (tertiary/aromatic N) is 2. The van der Waals surface area contributed by atoms with Gasteiger partial charge in [0.1, 0.15) is 10.1 Å². The maximum Gasteiger partial charge on any atom is 0.244 e. The molecule has 4 rings (SSSR count). The van der Waals surface area contributed by atoms with Crippen molar-refractivity contribution in [3.05, 3.63) is 83.6 Å². The van der Waals surface area contributed by atoms with E-state index in [-0.39, 0.29) is 10.8 Å². The summed E-state index contributed by atoms with van der Waals surface area (Å²) < 4.78 is 32.4. The number of ether oxygens (including phenoxy) is 1. The van der Waals surface area contributed by atoms with Gasteiger partial charge in [-0.25, -0.2) is 13.4 Å². The second-order valence-electron chi connectivity index (χ2n) is 8.12. The lowest BCUT2D eigenvalue weighted by atomic mass is 10.1. The molecular weight excluding hydrogens is 470 g/mol. The minimum Gasteiger partial charge on any atom is -0.379 e. The third-order valence-corrected chi connectivity index (χ3v) is 8.47. The van der Waals surface area contributed by atoms with Crippen LogP contribution in [0.3, 0.4) is 0 Å². The van der Waals surface area contributed by atoms with Crippen molar-refractivity contribution in [1.82, 2.24) is 9.29 Å². The Bertz CT molecular complexity index is 1220. The highest BCUT2D eigenvalue weighted by atomic mass is 32.2. The van der Waals surface area contributed by atoms with Gasteiger partial charge in [0.05, 0.1) is 18.2 Å². The number of carbonyl (C=O) groups excluding carboxylic acids is 1. The first-order chi connectivity index (χ1) is 16.3. The van der Waals surface area contributed by atoms with Crippen LogP contribution in [-0.2, 0) is 19.6 Å². The summed E-state index contributed by atoms with van der Waals surface area (Å²) in [4.78, 5) is 17.8. The minimum atomic E-state index is -3.62. The third-order valence-electron chi connectivity index (χ3n) is 5.39. The molecule has 1 fully saturated rings. The Kier molecular flexibility index (Phi) is 7.67. The lowest BCUT2D eigenvalue weighted by Gasteiger charge is -2.25. The molecule has 0 saturated carbocycles. The Morgan fingerprint density at radius 3 is 2.32 bits per heavy atom. The van der Waals surface area contributed by atoms with E-state index in [9.17, 15) is 13.2 Å². The van der Waals surface area contributed by atoms with Crippen molar-refractivity contribution in [3.8, 4) is 0 Å². The van der Waals surface area contributed by atoms with E-state index >= 15 is 0 Å². The molecule has 1 amide bonds. The number of pyridine rings is 1. The summed E-state index contributed by atoms with van der Waals surface area (Å²) in [6.07, 6.45) is 1.36. The number of carbonyl (C=O) groups is 1. The molecule has 0 spiro atoms. The molecule has 0 aliphatic carbocycles. The molecule has 9 heteroatoms. The summed E-state index contributed by atoms with van der Waals surface area (Å²) >= 11 is 1.28. The van der Waals surface area contributed by atoms with Gasteiger partial charge in [-0.1, -0.05) is 48.2 Å². The third kappa shape index (κ3) is 5.85. The minimum absolute atomic E-state index is 0.134. The van der Waals surface area contributed by atoms with Crippen molar-refractivity contribution in [1.29, 1.82) is 0 Å². The highest BCUT2D eigenvalue weighted by Crippen LogP contribution is 2.35. The summed E-state index contributed by atoms with van der Waals surface area (Å²) in [5.41, 5.74) is 3.71. The molecule has 1 unspecified atom stereocenters. The molecule has 1 N–H and O–H groups in total. The summed E-state index contributed by atoms with van der Waals surface area (Å²) in [5, 5.41) is 3.02. The van der Waals surface area contributed by atoms with E-state index in [0.717, 1.165) is 22.4 Å². The summed E-state index contributed by atoms with van der Waals surface area (Å²) in [6, 6.07) is 18.6. The first kappa shape index (κ1) is 24.4. The van der Waals surface area contributed by atoms with Crippen molar-refractivity contribution in [3.63, 3.8) is 0 Å². The Balaban J connectivity index is 1.55. The van der Waals surface area contributed by atoms with Gasteiger partial charge in [-0.2, -0.15) is 4.31 Å². The predicted octanol–water partition coefficient (Wildman–Crippen LogP) is 4.19. The topological polar surface area (TPSA) is 88.6 Å². The predicted molar refractivity (Wildman–Crippen MR) is 133 cm³/mol. The van der Waals surface area contributed by atoms with Crippen LogP contribution in [0.2, 0.25) is 0 Å². The van der Waals surface area contributed by atoms with Gasteiger partial charge < -0.3 is 10.1 Å². The molecule has 178 valence electrons. The Morgan fingerprint density at radius 1 is 1.03 bits per heavy atom. The first-order valence-electron chi connectivity index (χ1n) is 11.0. The molecule has 34 heavy (non-hydrogen) atoms. The molecule has 3 aromatic rings. The first-order valence-corrected chi connectivity index (χ1v) is 13.3. The van der Waals surface area contributed by atoms with Crippen molar-refractivity contribution in [2.24, 2.45) is 0 Å². The van der Waals surface area contributed by atoms with Gasteiger partial charge in [0.15, 0.2) is 0 Å². The van der Waals surface area contributed by atoms with Crippen LogP contribution in [0.25, 0.3) is 0 Å². The van der Waals surface area contributed by atoms with Crippen LogP contribution in [-0.4, -0.2) is 49.9 Å². The molecule has 0 radical (unpaired) electrons. The number of aryl methyl sites for hydroxylation is 2. The summed E-state index contributed by atoms with van der Waals surface area (Å²) in [6.45, 7) is 5.40. The number of rotatable bonds is 7. The Hall–Kier alpha value is -2.72. The number of anilines is 1. The second kappa shape index (κ2) is 10.7. The van der Waals surface area contributed by atoms with Gasteiger partial charge in [0, 0.05) is 25.0 Å². The van der Waals surface area contributed by atoms with E-state index in [1.54, 1.807) is 12.1 Å². The molecule has 2 aromatic carbocycles. The number of benzene rings is 2. The normalized spacial score (nSPS) is 15.6. The Labute approximate surface area is 204 Å². The summed E-state index contributed by atoms with van der Waals surface area (Å²) in [5.74, 6) is -0.173. The van der Waals surface area contributed by atoms with Gasteiger partial charge in [-0.15, -0.1) is 0 Å². The van der Waals surface area contributed by atoms with Crippen molar-refractivity contribution >= 4 is 33.4 Å². The smallest absolute Gasteiger partial charge is 0.244 e.